The Morgan fingerprint density at radius 2 is 0.676 bits per heavy atom. The third-order valence-electron chi connectivity index (χ3n) is 28.6. The molecule has 716 valence electrons. The monoisotopic (exact) mass is 1890 g/mol. The van der Waals surface area contributed by atoms with Crippen LogP contribution in [-0.4, -0.2) is 24.9 Å². The van der Waals surface area contributed by atoms with Crippen molar-refractivity contribution < 1.29 is 50.4 Å². The van der Waals surface area contributed by atoms with Gasteiger partial charge < -0.3 is 13.3 Å². The number of aryl methyl sites for hydroxylation is 13. The van der Waals surface area contributed by atoms with Gasteiger partial charge in [-0.15, -0.1) is 0 Å². The summed E-state index contributed by atoms with van der Waals surface area (Å²) in [7, 11) is 10.2. The molecule has 0 aliphatic carbocycles. The molecule has 0 aliphatic rings. The molecule has 0 amide bonds. The average molecular weight is 1890 g/mol. The fourth-order valence-corrected chi connectivity index (χ4v) is 20.9. The zero-order valence-corrected chi connectivity index (χ0v) is 87.1. The Bertz CT molecular complexity index is 9060. The van der Waals surface area contributed by atoms with Gasteiger partial charge in [0.05, 0.1) is 41.6 Å². The van der Waals surface area contributed by atoms with E-state index >= 15 is 0 Å². The molecule has 0 spiro atoms. The fourth-order valence-electron chi connectivity index (χ4n) is 20.9. The summed E-state index contributed by atoms with van der Waals surface area (Å²) in [6, 6.07) is 75.1. The molecule has 11 aromatic heterocycles. The molecule has 22 aromatic rings. The Morgan fingerprint density at radius 1 is 0.303 bits per heavy atom. The number of benzene rings is 11. The van der Waals surface area contributed by atoms with E-state index in [1.165, 1.54) is 49.7 Å². The molecule has 11 aromatic carbocycles. The molecule has 0 atom stereocenters. The van der Waals surface area contributed by atoms with Gasteiger partial charge in [-0.05, 0) is 354 Å². The highest BCUT2D eigenvalue weighted by Gasteiger charge is 2.32. The number of aromatic nitrogens is 10. The predicted molar refractivity (Wildman–Crippen MR) is 582 cm³/mol. The standard InChI is InChI=1S/C31H29N2O.2C28H29N2O.C22H26FN2.C18H18FN2/c1-18(2)17-21-9-8-12-26-23(21)15-16-27(33(26)5)28-20(4)22-10-6-7-11-24(22)29-25-14-13-19(3)32-31(25)34-30(28)29;2*1-16(2)14-20-8-7-9-24-21(20)12-13-25(30(24)6)26-19(5)17(3)15-23-22-11-10-18(4)29-28(22)31-27(23)26;1-13(2)9-17-7-8-18-20(11-17)24-12-25(6)22(18)19-10-14(3)21(23)16(5)15(19)4;1-11-9-15(12(2)13(3)17(11)19)18-14-7-5-6-8-16(14)20-10-21(18)4/h6-16,18H,17H2,1-5H3;2*7-13,15-16H,14H2,1-6H3;7-8,10-13H,9H2,1-6H3;5-10H,1-4H3/q5*+1/i17D2;14D2;;;. The van der Waals surface area contributed by atoms with Crippen molar-refractivity contribution in [2.45, 2.75) is 178 Å². The van der Waals surface area contributed by atoms with E-state index in [4.69, 9.17) is 23.7 Å². The van der Waals surface area contributed by atoms with Gasteiger partial charge in [-0.1, -0.05) is 134 Å². The van der Waals surface area contributed by atoms with Crippen molar-refractivity contribution in [2.75, 3.05) is 0 Å². The first kappa shape index (κ1) is 92.3. The van der Waals surface area contributed by atoms with Gasteiger partial charge in [-0.2, -0.15) is 13.7 Å². The molecule has 13 nitrogen and oxygen atoms in total. The number of para-hydroxylation sites is 1. The van der Waals surface area contributed by atoms with Crippen LogP contribution < -0.4 is 22.8 Å². The molecule has 0 unspecified atom stereocenters. The van der Waals surface area contributed by atoms with Crippen LogP contribution in [0.25, 0.3) is 188 Å². The molecular weight excluding hydrogens is 1750 g/mol. The summed E-state index contributed by atoms with van der Waals surface area (Å²) < 4.78 is 93.1. The van der Waals surface area contributed by atoms with Gasteiger partial charge in [0.15, 0.2) is 27.8 Å². The highest BCUT2D eigenvalue weighted by atomic mass is 19.1. The lowest BCUT2D eigenvalue weighted by atomic mass is 9.92. The molecule has 22 rings (SSSR count). The summed E-state index contributed by atoms with van der Waals surface area (Å²) in [5.41, 5.74) is 38.3. The smallest absolute Gasteiger partial charge is 0.287 e. The molecule has 15 heteroatoms. The van der Waals surface area contributed by atoms with Crippen molar-refractivity contribution in [3.05, 3.63) is 343 Å². The lowest BCUT2D eigenvalue weighted by Gasteiger charge is -2.14. The van der Waals surface area contributed by atoms with Crippen molar-refractivity contribution in [2.24, 2.45) is 58.9 Å². The minimum Gasteiger partial charge on any atom is -0.437 e. The van der Waals surface area contributed by atoms with Crippen molar-refractivity contribution >= 4 is 131 Å². The summed E-state index contributed by atoms with van der Waals surface area (Å²) in [5.74, 6) is 0.751. The fraction of sp³-hybridized carbons (Fsp3) is 0.276. The van der Waals surface area contributed by atoms with Crippen molar-refractivity contribution in [1.29, 1.82) is 0 Å². The minimum absolute atomic E-state index is 0.110. The van der Waals surface area contributed by atoms with Crippen LogP contribution >= 0.6 is 0 Å². The van der Waals surface area contributed by atoms with E-state index in [0.29, 0.717) is 45.7 Å². The van der Waals surface area contributed by atoms with Crippen molar-refractivity contribution in [3.8, 4) is 56.3 Å². The Kier molecular flexibility index (Phi) is 25.6. The van der Waals surface area contributed by atoms with E-state index in [9.17, 15) is 8.78 Å². The van der Waals surface area contributed by atoms with Gasteiger partial charge in [0.1, 0.15) is 44.2 Å². The van der Waals surface area contributed by atoms with Crippen molar-refractivity contribution in [1.82, 2.24) is 24.9 Å². The van der Waals surface area contributed by atoms with Crippen LogP contribution in [0.5, 0.6) is 0 Å². The van der Waals surface area contributed by atoms with Crippen LogP contribution in [0.2, 0.25) is 0 Å². The number of fused-ring (bicyclic) bond motifs is 16. The Balaban J connectivity index is 0.000000121. The lowest BCUT2D eigenvalue weighted by molar-refractivity contribution is -0.662. The van der Waals surface area contributed by atoms with Gasteiger partial charge >= 0.3 is 0 Å². The summed E-state index contributed by atoms with van der Waals surface area (Å²) >= 11 is 0. The van der Waals surface area contributed by atoms with E-state index < -0.39 is 12.7 Å². The second-order valence-corrected chi connectivity index (χ2v) is 40.5. The second-order valence-electron chi connectivity index (χ2n) is 40.5. The van der Waals surface area contributed by atoms with E-state index in [-0.39, 0.29) is 23.5 Å². The molecule has 142 heavy (non-hydrogen) atoms. The lowest BCUT2D eigenvalue weighted by Crippen LogP contribution is -2.32. The zero-order valence-electron chi connectivity index (χ0n) is 91.1. The number of hydrogen-bond acceptors (Lipinski definition) is 8. The molecule has 11 heterocycles. The zero-order chi connectivity index (χ0) is 104. The summed E-state index contributed by atoms with van der Waals surface area (Å²) in [6.07, 6.45) is 2.95. The highest BCUT2D eigenvalue weighted by Crippen LogP contribution is 2.46. The normalized spacial score (nSPS) is 12.4. The number of halogens is 2. The highest BCUT2D eigenvalue weighted by molar-refractivity contribution is 6.23. The molecule has 0 bridgehead atoms. The molecule has 0 N–H and O–H groups in total. The van der Waals surface area contributed by atoms with E-state index in [1.54, 1.807) is 0 Å². The Morgan fingerprint density at radius 3 is 1.13 bits per heavy atom. The van der Waals surface area contributed by atoms with Crippen LogP contribution in [0, 0.1) is 132 Å². The third-order valence-corrected chi connectivity index (χ3v) is 28.6. The third kappa shape index (κ3) is 18.2. The SMILES string of the molecule is Cc1cc(-c2c3ccc(CC(C)C)cc3nc[n+]2C)c(C)c(C)c1F.Cc1cc(-c2c3ccccc3nc[n+]2C)c(C)c(C)c1F.Cc1ccc2c(n1)oc1c(-c3ccc4c(CC(C)C)cccc4[n+]3C)c(C)c(C)cc12.[2H]C([2H])(c1cccc2c1ccc(-c1c(C)c(C)cc3c1oc1nc(C)ccc13)[n+]2C)C(C)C.[2H]C([2H])(c1cccc2c1ccc(-c1c(C)c3ccccc3c3c1oc1nc(C)ccc13)[n+]2C)C(C)C. The van der Waals surface area contributed by atoms with Crippen LogP contribution in [0.3, 0.4) is 0 Å². The van der Waals surface area contributed by atoms with Crippen LogP contribution in [0.1, 0.15) is 161 Å². The van der Waals surface area contributed by atoms with Gasteiger partial charge in [-0.3, -0.25) is 0 Å². The first-order valence-corrected chi connectivity index (χ1v) is 49.6. The molecule has 0 radical (unpaired) electrons. The maximum absolute atomic E-state index is 14.3. The summed E-state index contributed by atoms with van der Waals surface area (Å²) in [5, 5.41) is 14.1. The number of nitrogens with zero attached hydrogens (tertiary/aromatic N) is 10. The van der Waals surface area contributed by atoms with Crippen molar-refractivity contribution in [3.63, 3.8) is 0 Å². The predicted octanol–water partition coefficient (Wildman–Crippen LogP) is 29.9. The minimum atomic E-state index is -1.43. The number of pyridine rings is 6. The second kappa shape index (κ2) is 39.4. The molecular formula is C127H131F2N10O3+5. The Labute approximate surface area is 838 Å². The Hall–Kier alpha value is -14.7. The largest absolute Gasteiger partial charge is 0.437 e. The first-order valence-electron chi connectivity index (χ1n) is 51.6. The molecule has 0 saturated heterocycles. The maximum atomic E-state index is 14.3. The van der Waals surface area contributed by atoms with Gasteiger partial charge in [0.2, 0.25) is 50.8 Å². The molecule has 0 aliphatic heterocycles. The summed E-state index contributed by atoms with van der Waals surface area (Å²) in [4.78, 5) is 23.0. The summed E-state index contributed by atoms with van der Waals surface area (Å²) in [6.45, 7) is 44.8. The molecule has 0 saturated carbocycles. The van der Waals surface area contributed by atoms with E-state index in [0.717, 1.165) is 218 Å². The first-order chi connectivity index (χ1) is 69.4. The molecule has 0 fully saturated rings. The quantitative estimate of drug-likeness (QED) is 0.105. The number of rotatable bonds is 13. The van der Waals surface area contributed by atoms with Gasteiger partial charge in [0, 0.05) is 119 Å². The van der Waals surface area contributed by atoms with Crippen LogP contribution in [-0.2, 0) is 60.8 Å². The van der Waals surface area contributed by atoms with Gasteiger partial charge in [-0.25, -0.2) is 32.9 Å². The number of hydrogen-bond donors (Lipinski definition) is 0. The van der Waals surface area contributed by atoms with E-state index in [1.807, 2.05) is 200 Å². The van der Waals surface area contributed by atoms with Crippen LogP contribution in [0.15, 0.2) is 244 Å². The topological polar surface area (TPSA) is 123 Å². The average Bonchev–Trinajstić information content (AvgIpc) is 1.53. The number of furan rings is 3. The van der Waals surface area contributed by atoms with Gasteiger partial charge in [0.25, 0.3) is 12.7 Å². The maximum Gasteiger partial charge on any atom is 0.287 e. The van der Waals surface area contributed by atoms with E-state index in [2.05, 4.69) is 262 Å². The van der Waals surface area contributed by atoms with Crippen LogP contribution in [0.4, 0.5) is 8.78 Å².